The molecule has 1 aliphatic heterocycles. The molecule has 34 heavy (non-hydrogen) atoms. The summed E-state index contributed by atoms with van der Waals surface area (Å²) in [6, 6.07) is 9.53. The Kier molecular flexibility index (Phi) is 5.98. The van der Waals surface area contributed by atoms with Crippen molar-refractivity contribution in [2.75, 3.05) is 16.8 Å². The Morgan fingerprint density at radius 2 is 1.71 bits per heavy atom. The maximum Gasteiger partial charge on any atom is 0.338 e. The Morgan fingerprint density at radius 1 is 1.09 bits per heavy atom. The first-order chi connectivity index (χ1) is 16.2. The quantitative estimate of drug-likeness (QED) is 0.433. The van der Waals surface area contributed by atoms with Gasteiger partial charge in [-0.15, -0.1) is 0 Å². The molecule has 1 heterocycles. The molecule has 0 radical (unpaired) electrons. The number of nitrogens with one attached hydrogen (secondary N) is 1. The summed E-state index contributed by atoms with van der Waals surface area (Å²) in [6.45, 7) is 1.35. The highest BCUT2D eigenvalue weighted by Crippen LogP contribution is 2.56. The minimum atomic E-state index is -0.679. The van der Waals surface area contributed by atoms with Crippen molar-refractivity contribution < 1.29 is 23.9 Å². The molecule has 3 amide bonds. The third-order valence-electron chi connectivity index (χ3n) is 7.16. The van der Waals surface area contributed by atoms with Gasteiger partial charge in [0.2, 0.25) is 11.8 Å². The fourth-order valence-corrected chi connectivity index (χ4v) is 6.21. The van der Waals surface area contributed by atoms with Crippen molar-refractivity contribution in [2.45, 2.75) is 26.2 Å². The molecule has 4 atom stereocenters. The molecule has 176 valence electrons. The van der Waals surface area contributed by atoms with Crippen LogP contribution in [0.3, 0.4) is 0 Å². The largest absolute Gasteiger partial charge is 0.452 e. The summed E-state index contributed by atoms with van der Waals surface area (Å²) in [4.78, 5) is 51.8. The minimum Gasteiger partial charge on any atom is -0.452 e. The molecule has 3 fully saturated rings. The first kappa shape index (κ1) is 23.1. The summed E-state index contributed by atoms with van der Waals surface area (Å²) in [5.74, 6) is -1.20. The number of benzene rings is 2. The molecule has 5 rings (SSSR count). The van der Waals surface area contributed by atoms with Crippen LogP contribution in [0, 0.1) is 30.6 Å². The van der Waals surface area contributed by atoms with Gasteiger partial charge in [0.15, 0.2) is 6.61 Å². The Morgan fingerprint density at radius 3 is 2.32 bits per heavy atom. The molecule has 7 nitrogen and oxygen atoms in total. The second kappa shape index (κ2) is 8.82. The highest BCUT2D eigenvalue weighted by atomic mass is 79.9. The Hall–Kier alpha value is -2.71. The van der Waals surface area contributed by atoms with E-state index in [9.17, 15) is 19.2 Å². The molecule has 1 saturated heterocycles. The number of hydrogen-bond acceptors (Lipinski definition) is 5. The monoisotopic (exact) mass is 544 g/mol. The van der Waals surface area contributed by atoms with Gasteiger partial charge in [-0.3, -0.25) is 19.3 Å². The molecule has 9 heteroatoms. The number of esters is 1. The number of fused-ring (bicyclic) bond motifs is 5. The van der Waals surface area contributed by atoms with Crippen molar-refractivity contribution in [3.05, 3.63) is 57.0 Å². The Balaban J connectivity index is 1.20. The molecule has 0 aromatic heterocycles. The summed E-state index contributed by atoms with van der Waals surface area (Å²) < 4.78 is 5.84. The topological polar surface area (TPSA) is 92.8 Å². The van der Waals surface area contributed by atoms with Gasteiger partial charge >= 0.3 is 5.97 Å². The van der Waals surface area contributed by atoms with Crippen molar-refractivity contribution in [1.29, 1.82) is 0 Å². The number of imide groups is 1. The molecule has 0 spiro atoms. The number of anilines is 2. The normalized spacial score (nSPS) is 25.0. The zero-order valence-electron chi connectivity index (χ0n) is 18.3. The predicted octanol–water partition coefficient (Wildman–Crippen LogP) is 4.74. The Labute approximate surface area is 209 Å². The van der Waals surface area contributed by atoms with E-state index in [1.807, 2.05) is 6.92 Å². The number of carbonyl (C=O) groups is 4. The molecule has 2 bridgehead atoms. The maximum atomic E-state index is 13.0. The summed E-state index contributed by atoms with van der Waals surface area (Å²) in [6.07, 6.45) is 3.02. The molecule has 1 N–H and O–H groups in total. The van der Waals surface area contributed by atoms with Crippen LogP contribution in [0.25, 0.3) is 0 Å². The number of halogens is 2. The lowest BCUT2D eigenvalue weighted by Crippen LogP contribution is -2.32. The average molecular weight is 546 g/mol. The van der Waals surface area contributed by atoms with Crippen molar-refractivity contribution in [1.82, 2.24) is 0 Å². The van der Waals surface area contributed by atoms with E-state index in [1.165, 1.54) is 17.0 Å². The van der Waals surface area contributed by atoms with Crippen molar-refractivity contribution >= 4 is 62.6 Å². The molecule has 2 aliphatic carbocycles. The summed E-state index contributed by atoms with van der Waals surface area (Å²) >= 11 is 9.39. The number of ether oxygens (including phenoxy) is 1. The summed E-state index contributed by atoms with van der Waals surface area (Å²) in [5.41, 5.74) is 2.01. The number of rotatable bonds is 5. The van der Waals surface area contributed by atoms with E-state index in [1.54, 1.807) is 24.3 Å². The van der Waals surface area contributed by atoms with Crippen LogP contribution in [-0.2, 0) is 19.1 Å². The smallest absolute Gasteiger partial charge is 0.338 e. The highest BCUT2D eigenvalue weighted by molar-refractivity contribution is 9.10. The van der Waals surface area contributed by atoms with E-state index in [0.29, 0.717) is 32.7 Å². The van der Waals surface area contributed by atoms with Gasteiger partial charge < -0.3 is 10.1 Å². The second-order valence-corrected chi connectivity index (χ2v) is 10.4. The van der Waals surface area contributed by atoms with Crippen LogP contribution in [0.4, 0.5) is 11.4 Å². The average Bonchev–Trinajstić information content (AvgIpc) is 3.49. The molecule has 2 aromatic rings. The van der Waals surface area contributed by atoms with Crippen LogP contribution in [0.1, 0.15) is 35.2 Å². The Bertz CT molecular complexity index is 1190. The number of amides is 3. The standard InChI is InChI=1S/C25H22BrClN2O5/c1-12-8-17(26)18(27)10-19(12)28-20(30)11-34-25(33)13-4-6-16(7-5-13)29-23(31)21-14-2-3-15(9-14)22(21)24(29)32/h4-8,10,14-15,21-22H,2-3,9,11H2,1H3,(H,28,30)/t14-,15-,21-,22+/m0/s1. The molecule has 2 saturated carbocycles. The second-order valence-electron chi connectivity index (χ2n) is 9.15. The summed E-state index contributed by atoms with van der Waals surface area (Å²) in [7, 11) is 0. The third kappa shape index (κ3) is 3.92. The third-order valence-corrected chi connectivity index (χ3v) is 8.36. The van der Waals surface area contributed by atoms with E-state index in [-0.39, 0.29) is 29.2 Å². The zero-order chi connectivity index (χ0) is 24.1. The SMILES string of the molecule is Cc1cc(Br)c(Cl)cc1NC(=O)COC(=O)c1ccc(N2C(=O)[C@@H]3[C@H]4CC[C@@H](C4)[C@@H]3C2=O)cc1. The van der Waals surface area contributed by atoms with E-state index < -0.39 is 18.5 Å². The van der Waals surface area contributed by atoms with Crippen molar-refractivity contribution in [3.63, 3.8) is 0 Å². The first-order valence-electron chi connectivity index (χ1n) is 11.1. The van der Waals surface area contributed by atoms with E-state index in [4.69, 9.17) is 16.3 Å². The van der Waals surface area contributed by atoms with Gasteiger partial charge in [0.25, 0.3) is 5.91 Å². The van der Waals surface area contributed by atoms with Crippen LogP contribution in [0.2, 0.25) is 5.02 Å². The first-order valence-corrected chi connectivity index (χ1v) is 12.3. The molecular formula is C25H22BrClN2O5. The fraction of sp³-hybridized carbons (Fsp3) is 0.360. The van der Waals surface area contributed by atoms with Gasteiger partial charge in [-0.1, -0.05) is 11.6 Å². The lowest BCUT2D eigenvalue weighted by atomic mass is 9.81. The van der Waals surface area contributed by atoms with Gasteiger partial charge in [-0.25, -0.2) is 4.79 Å². The number of nitrogens with zero attached hydrogens (tertiary/aromatic N) is 1. The van der Waals surface area contributed by atoms with Gasteiger partial charge in [0.05, 0.1) is 28.1 Å². The highest BCUT2D eigenvalue weighted by Gasteiger charge is 2.61. The van der Waals surface area contributed by atoms with Gasteiger partial charge in [-0.05, 0) is 95.9 Å². The molecule has 2 aromatic carbocycles. The van der Waals surface area contributed by atoms with Crippen LogP contribution >= 0.6 is 27.5 Å². The molecular weight excluding hydrogens is 524 g/mol. The van der Waals surface area contributed by atoms with Crippen LogP contribution < -0.4 is 10.2 Å². The number of carbonyl (C=O) groups excluding carboxylic acids is 4. The van der Waals surface area contributed by atoms with E-state index >= 15 is 0 Å². The van der Waals surface area contributed by atoms with Crippen LogP contribution in [0.5, 0.6) is 0 Å². The zero-order valence-corrected chi connectivity index (χ0v) is 20.7. The maximum absolute atomic E-state index is 13.0. The number of hydrogen-bond donors (Lipinski definition) is 1. The molecule has 0 unspecified atom stereocenters. The van der Waals surface area contributed by atoms with Crippen molar-refractivity contribution in [2.24, 2.45) is 23.7 Å². The van der Waals surface area contributed by atoms with Gasteiger partial charge in [-0.2, -0.15) is 0 Å². The predicted molar refractivity (Wildman–Crippen MR) is 130 cm³/mol. The summed E-state index contributed by atoms with van der Waals surface area (Å²) in [5, 5.41) is 3.12. The number of aryl methyl sites for hydroxylation is 1. The van der Waals surface area contributed by atoms with Crippen LogP contribution in [0.15, 0.2) is 40.9 Å². The molecule has 3 aliphatic rings. The van der Waals surface area contributed by atoms with Crippen LogP contribution in [-0.4, -0.2) is 30.3 Å². The fourth-order valence-electron chi connectivity index (χ4n) is 5.59. The van der Waals surface area contributed by atoms with Crippen molar-refractivity contribution in [3.8, 4) is 0 Å². The van der Waals surface area contributed by atoms with E-state index in [2.05, 4.69) is 21.2 Å². The minimum absolute atomic E-state index is 0.127. The van der Waals surface area contributed by atoms with Gasteiger partial charge in [0, 0.05) is 10.2 Å². The van der Waals surface area contributed by atoms with Gasteiger partial charge in [0.1, 0.15) is 0 Å². The lowest BCUT2D eigenvalue weighted by Gasteiger charge is -2.19. The van der Waals surface area contributed by atoms with E-state index in [0.717, 1.165) is 24.8 Å². The lowest BCUT2D eigenvalue weighted by molar-refractivity contribution is -0.123.